The number of rotatable bonds is 0. The maximum atomic E-state index is 11.1. The molecule has 0 radical (unpaired) electrons. The molecule has 0 saturated carbocycles. The molecule has 6 N–H and O–H groups in total. The highest BCUT2D eigenvalue weighted by atomic mass is 16.3. The number of nitrogens with two attached hydrogens (primary N) is 2. The summed E-state index contributed by atoms with van der Waals surface area (Å²) in [5.74, 6) is -0.332. The first-order chi connectivity index (χ1) is 6.58. The van der Waals surface area contributed by atoms with Gasteiger partial charge in [0.05, 0.1) is 16.9 Å². The molecule has 0 aliphatic heterocycles. The summed E-state index contributed by atoms with van der Waals surface area (Å²) in [5, 5.41) is 9.81. The predicted molar refractivity (Wildman–Crippen MR) is 55.1 cm³/mol. The minimum Gasteiger partial charge on any atom is -0.503 e. The molecule has 14 heavy (non-hydrogen) atoms. The Hall–Kier alpha value is -2.17. The van der Waals surface area contributed by atoms with Crippen LogP contribution >= 0.6 is 0 Å². The van der Waals surface area contributed by atoms with Crippen LogP contribution in [0.1, 0.15) is 0 Å². The van der Waals surface area contributed by atoms with Crippen molar-refractivity contribution in [2.24, 2.45) is 0 Å². The van der Waals surface area contributed by atoms with Crippen molar-refractivity contribution in [1.82, 2.24) is 4.98 Å². The largest absolute Gasteiger partial charge is 0.503 e. The first-order valence-electron chi connectivity index (χ1n) is 3.99. The van der Waals surface area contributed by atoms with E-state index in [4.69, 9.17) is 16.6 Å². The maximum absolute atomic E-state index is 11.1. The molecule has 0 fully saturated rings. The number of aromatic nitrogens is 1. The van der Waals surface area contributed by atoms with E-state index in [1.165, 1.54) is 6.07 Å². The number of benzene rings is 1. The fourth-order valence-electron chi connectivity index (χ4n) is 1.28. The van der Waals surface area contributed by atoms with Crippen LogP contribution in [0, 0.1) is 0 Å². The van der Waals surface area contributed by atoms with Gasteiger partial charge in [-0.15, -0.1) is 0 Å². The number of fused-ring (bicyclic) bond motifs is 1. The van der Waals surface area contributed by atoms with Gasteiger partial charge in [-0.2, -0.15) is 0 Å². The molecule has 1 aromatic carbocycles. The minimum absolute atomic E-state index is 0.332. The Kier molecular flexibility index (Phi) is 1.60. The molecule has 0 saturated heterocycles. The molecule has 0 aliphatic rings. The SMILES string of the molecule is Nc1cc2cc(O)c(=O)[nH]c2cc1N. The van der Waals surface area contributed by atoms with Gasteiger partial charge in [-0.3, -0.25) is 4.79 Å². The molecule has 1 aromatic heterocycles. The van der Waals surface area contributed by atoms with Crippen molar-refractivity contribution < 1.29 is 5.11 Å². The zero-order valence-corrected chi connectivity index (χ0v) is 7.24. The lowest BCUT2D eigenvalue weighted by molar-refractivity contribution is 0.468. The Labute approximate surface area is 79.0 Å². The quantitative estimate of drug-likeness (QED) is 0.452. The molecule has 72 valence electrons. The molecule has 0 amide bonds. The molecule has 2 aromatic rings. The number of H-pyrrole nitrogens is 1. The molecule has 1 heterocycles. The standard InChI is InChI=1S/C9H9N3O2/c10-5-1-4-2-8(13)9(14)12-7(4)3-6(5)11/h1-3,13H,10-11H2,(H,12,14). The highest BCUT2D eigenvalue weighted by Gasteiger charge is 2.03. The van der Waals surface area contributed by atoms with Gasteiger partial charge in [-0.05, 0) is 18.2 Å². The fraction of sp³-hybridized carbons (Fsp3) is 0. The molecule has 0 spiro atoms. The van der Waals surface area contributed by atoms with Crippen molar-refractivity contribution >= 4 is 22.3 Å². The average molecular weight is 191 g/mol. The summed E-state index contributed by atoms with van der Waals surface area (Å²) >= 11 is 0. The van der Waals surface area contributed by atoms with E-state index in [2.05, 4.69) is 4.98 Å². The second kappa shape index (κ2) is 2.66. The average Bonchev–Trinajstić information content (AvgIpc) is 2.11. The molecular formula is C9H9N3O2. The zero-order chi connectivity index (χ0) is 10.3. The van der Waals surface area contributed by atoms with E-state index in [9.17, 15) is 4.79 Å². The van der Waals surface area contributed by atoms with Gasteiger partial charge in [0.15, 0.2) is 5.75 Å². The molecule has 0 aliphatic carbocycles. The molecule has 5 nitrogen and oxygen atoms in total. The van der Waals surface area contributed by atoms with Crippen molar-refractivity contribution in [3.8, 4) is 5.75 Å². The van der Waals surface area contributed by atoms with Gasteiger partial charge < -0.3 is 21.6 Å². The van der Waals surface area contributed by atoms with Crippen LogP contribution in [0.2, 0.25) is 0 Å². The number of hydrogen-bond donors (Lipinski definition) is 4. The predicted octanol–water partition coefficient (Wildman–Crippen LogP) is 0.398. The Bertz CT molecular complexity index is 560. The number of nitrogens with one attached hydrogen (secondary N) is 1. The summed E-state index contributed by atoms with van der Waals surface area (Å²) in [7, 11) is 0. The van der Waals surface area contributed by atoms with Gasteiger partial charge in [-0.1, -0.05) is 0 Å². The second-order valence-electron chi connectivity index (χ2n) is 3.05. The van der Waals surface area contributed by atoms with E-state index < -0.39 is 5.56 Å². The lowest BCUT2D eigenvalue weighted by Gasteiger charge is -2.03. The molecule has 0 bridgehead atoms. The van der Waals surface area contributed by atoms with Gasteiger partial charge in [0.25, 0.3) is 5.56 Å². The van der Waals surface area contributed by atoms with Crippen LogP contribution in [0.4, 0.5) is 11.4 Å². The minimum atomic E-state index is -0.540. The van der Waals surface area contributed by atoms with Crippen molar-refractivity contribution in [3.05, 3.63) is 28.6 Å². The Morgan fingerprint density at radius 1 is 1.14 bits per heavy atom. The third-order valence-corrected chi connectivity index (χ3v) is 2.03. The first-order valence-corrected chi connectivity index (χ1v) is 3.99. The summed E-state index contributed by atoms with van der Waals surface area (Å²) < 4.78 is 0. The lowest BCUT2D eigenvalue weighted by atomic mass is 10.1. The number of aromatic amines is 1. The van der Waals surface area contributed by atoms with Gasteiger partial charge in [0.2, 0.25) is 0 Å². The molecule has 0 atom stereocenters. The van der Waals surface area contributed by atoms with E-state index in [1.807, 2.05) is 0 Å². The molecule has 0 unspecified atom stereocenters. The van der Waals surface area contributed by atoms with Crippen LogP contribution < -0.4 is 17.0 Å². The number of pyridine rings is 1. The van der Waals surface area contributed by atoms with Crippen LogP contribution in [0.15, 0.2) is 23.0 Å². The third-order valence-electron chi connectivity index (χ3n) is 2.03. The number of hydrogen-bond acceptors (Lipinski definition) is 4. The number of anilines is 2. The first kappa shape index (κ1) is 8.43. The van der Waals surface area contributed by atoms with Crippen LogP contribution in [0.5, 0.6) is 5.75 Å². The van der Waals surface area contributed by atoms with E-state index >= 15 is 0 Å². The monoisotopic (exact) mass is 191 g/mol. The lowest BCUT2D eigenvalue weighted by Crippen LogP contribution is -2.05. The van der Waals surface area contributed by atoms with E-state index in [0.717, 1.165) is 0 Å². The molecule has 5 heteroatoms. The van der Waals surface area contributed by atoms with Gasteiger partial charge in [-0.25, -0.2) is 0 Å². The van der Waals surface area contributed by atoms with Crippen molar-refractivity contribution in [3.63, 3.8) is 0 Å². The van der Waals surface area contributed by atoms with Crippen LogP contribution in [-0.4, -0.2) is 10.1 Å². The fourth-order valence-corrected chi connectivity index (χ4v) is 1.28. The molecular weight excluding hydrogens is 182 g/mol. The normalized spacial score (nSPS) is 10.6. The van der Waals surface area contributed by atoms with Crippen LogP contribution in [-0.2, 0) is 0 Å². The maximum Gasteiger partial charge on any atom is 0.290 e. The summed E-state index contributed by atoms with van der Waals surface area (Å²) in [6.07, 6.45) is 0. The zero-order valence-electron chi connectivity index (χ0n) is 7.24. The van der Waals surface area contributed by atoms with E-state index in [0.29, 0.717) is 22.3 Å². The highest BCUT2D eigenvalue weighted by Crippen LogP contribution is 2.22. The number of aromatic hydroxyl groups is 1. The van der Waals surface area contributed by atoms with Gasteiger partial charge >= 0.3 is 0 Å². The summed E-state index contributed by atoms with van der Waals surface area (Å²) in [6, 6.07) is 4.51. The smallest absolute Gasteiger partial charge is 0.290 e. The Morgan fingerprint density at radius 2 is 1.79 bits per heavy atom. The van der Waals surface area contributed by atoms with Gasteiger partial charge in [0.1, 0.15) is 0 Å². The third kappa shape index (κ3) is 1.15. The summed E-state index contributed by atoms with van der Waals surface area (Å²) in [5.41, 5.74) is 12.0. The van der Waals surface area contributed by atoms with E-state index in [1.54, 1.807) is 12.1 Å². The number of nitrogen functional groups attached to an aromatic ring is 2. The summed E-state index contributed by atoms with van der Waals surface area (Å²) in [4.78, 5) is 13.5. The Balaban J connectivity index is 2.90. The second-order valence-corrected chi connectivity index (χ2v) is 3.05. The summed E-state index contributed by atoms with van der Waals surface area (Å²) in [6.45, 7) is 0. The van der Waals surface area contributed by atoms with E-state index in [-0.39, 0.29) is 5.75 Å². The van der Waals surface area contributed by atoms with Crippen molar-refractivity contribution in [2.45, 2.75) is 0 Å². The topological polar surface area (TPSA) is 105 Å². The van der Waals surface area contributed by atoms with Crippen LogP contribution in [0.25, 0.3) is 10.9 Å². The molecule has 2 rings (SSSR count). The van der Waals surface area contributed by atoms with Gasteiger partial charge in [0, 0.05) is 5.39 Å². The van der Waals surface area contributed by atoms with Crippen molar-refractivity contribution in [1.29, 1.82) is 0 Å². The van der Waals surface area contributed by atoms with Crippen LogP contribution in [0.3, 0.4) is 0 Å². The van der Waals surface area contributed by atoms with Crippen molar-refractivity contribution in [2.75, 3.05) is 11.5 Å². The highest BCUT2D eigenvalue weighted by molar-refractivity contribution is 5.88. The Morgan fingerprint density at radius 3 is 2.50 bits per heavy atom.